The summed E-state index contributed by atoms with van der Waals surface area (Å²) in [6, 6.07) is 8.78. The van der Waals surface area contributed by atoms with Gasteiger partial charge in [0.1, 0.15) is 12.4 Å². The van der Waals surface area contributed by atoms with Crippen molar-refractivity contribution in [1.29, 1.82) is 0 Å². The molecule has 1 aliphatic heterocycles. The number of hydrogen-bond donors (Lipinski definition) is 0. The van der Waals surface area contributed by atoms with Crippen LogP contribution < -0.4 is 4.74 Å². The summed E-state index contributed by atoms with van der Waals surface area (Å²) in [7, 11) is -3.54. The number of sulfonamides is 1. The first-order chi connectivity index (χ1) is 14.8. The monoisotopic (exact) mass is 477 g/mol. The number of aromatic nitrogens is 1. The van der Waals surface area contributed by atoms with Crippen molar-refractivity contribution in [2.24, 2.45) is 0 Å². The molecular weight excluding hydrogens is 454 g/mol. The summed E-state index contributed by atoms with van der Waals surface area (Å²) < 4.78 is 33.2. The Labute approximate surface area is 190 Å². The molecule has 10 heteroatoms. The third kappa shape index (κ3) is 4.82. The average molecular weight is 478 g/mol. The van der Waals surface area contributed by atoms with Crippen molar-refractivity contribution in [3.63, 3.8) is 0 Å². The van der Waals surface area contributed by atoms with Crippen LogP contribution in [0.1, 0.15) is 25.8 Å². The maximum atomic E-state index is 13.0. The second-order valence-electron chi connectivity index (χ2n) is 7.27. The van der Waals surface area contributed by atoms with Crippen molar-refractivity contribution < 1.29 is 17.9 Å². The molecule has 0 saturated carbocycles. The van der Waals surface area contributed by atoms with Gasteiger partial charge in [-0.25, -0.2) is 13.4 Å². The van der Waals surface area contributed by atoms with Crippen molar-refractivity contribution in [3.05, 3.63) is 62.2 Å². The first kappa shape index (κ1) is 21.9. The second-order valence-corrected chi connectivity index (χ2v) is 11.4. The highest BCUT2D eigenvalue weighted by Crippen LogP contribution is 2.28. The number of thiophene rings is 1. The van der Waals surface area contributed by atoms with Crippen LogP contribution in [0.25, 0.3) is 0 Å². The van der Waals surface area contributed by atoms with E-state index in [0.717, 1.165) is 15.4 Å². The summed E-state index contributed by atoms with van der Waals surface area (Å²) in [4.78, 5) is 21.0. The SMILES string of the molecule is Cc1cc(S(=O)(=O)N2CCN(C(=O)c3cccc(OCc4cscn4)c3)CC2)c(C)s1. The lowest BCUT2D eigenvalue weighted by molar-refractivity contribution is 0.0697. The molecule has 0 atom stereocenters. The quantitative estimate of drug-likeness (QED) is 0.543. The molecule has 31 heavy (non-hydrogen) atoms. The van der Waals surface area contributed by atoms with Gasteiger partial charge in [0, 0.05) is 46.9 Å². The van der Waals surface area contributed by atoms with Gasteiger partial charge in [-0.2, -0.15) is 4.31 Å². The van der Waals surface area contributed by atoms with E-state index >= 15 is 0 Å². The number of amides is 1. The predicted molar refractivity (Wildman–Crippen MR) is 121 cm³/mol. The smallest absolute Gasteiger partial charge is 0.254 e. The number of rotatable bonds is 6. The molecule has 0 radical (unpaired) electrons. The predicted octanol–water partition coefficient (Wildman–Crippen LogP) is 3.55. The number of hydrogen-bond acceptors (Lipinski definition) is 7. The van der Waals surface area contributed by atoms with Crippen LogP contribution in [-0.4, -0.2) is 54.7 Å². The average Bonchev–Trinajstić information content (AvgIpc) is 3.41. The summed E-state index contributed by atoms with van der Waals surface area (Å²) >= 11 is 2.99. The molecular formula is C21H23N3O4S3. The first-order valence-corrected chi connectivity index (χ1v) is 13.0. The molecule has 0 aliphatic carbocycles. The number of ether oxygens (including phenoxy) is 1. The number of carbonyl (C=O) groups is 1. The summed E-state index contributed by atoms with van der Waals surface area (Å²) in [5, 5.41) is 1.92. The lowest BCUT2D eigenvalue weighted by Gasteiger charge is -2.34. The van der Waals surface area contributed by atoms with Gasteiger partial charge < -0.3 is 9.64 Å². The van der Waals surface area contributed by atoms with E-state index < -0.39 is 10.0 Å². The molecule has 0 N–H and O–H groups in total. The highest BCUT2D eigenvalue weighted by molar-refractivity contribution is 7.89. The van der Waals surface area contributed by atoms with Gasteiger partial charge in [0.05, 0.1) is 16.1 Å². The molecule has 0 spiro atoms. The van der Waals surface area contributed by atoms with Gasteiger partial charge in [0.2, 0.25) is 10.0 Å². The zero-order chi connectivity index (χ0) is 22.0. The largest absolute Gasteiger partial charge is 0.487 e. The van der Waals surface area contributed by atoms with E-state index in [1.165, 1.54) is 27.0 Å². The van der Waals surface area contributed by atoms with Crippen LogP contribution in [0.5, 0.6) is 5.75 Å². The van der Waals surface area contributed by atoms with E-state index in [-0.39, 0.29) is 19.0 Å². The lowest BCUT2D eigenvalue weighted by atomic mass is 10.1. The van der Waals surface area contributed by atoms with E-state index in [2.05, 4.69) is 4.98 Å². The number of carbonyl (C=O) groups excluding carboxylic acids is 1. The van der Waals surface area contributed by atoms with Crippen LogP contribution in [0.4, 0.5) is 0 Å². The summed E-state index contributed by atoms with van der Waals surface area (Å²) in [6.07, 6.45) is 0. The highest BCUT2D eigenvalue weighted by atomic mass is 32.2. The van der Waals surface area contributed by atoms with Crippen molar-refractivity contribution in [3.8, 4) is 5.75 Å². The van der Waals surface area contributed by atoms with Crippen molar-refractivity contribution >= 4 is 38.6 Å². The van der Waals surface area contributed by atoms with E-state index in [1.807, 2.05) is 19.2 Å². The Morgan fingerprint density at radius 3 is 2.58 bits per heavy atom. The van der Waals surface area contributed by atoms with Crippen molar-refractivity contribution in [1.82, 2.24) is 14.2 Å². The standard InChI is InChI=1S/C21H23N3O4S3/c1-15-10-20(16(2)30-15)31(26,27)24-8-6-23(7-9-24)21(25)17-4-3-5-19(11-17)28-12-18-13-29-14-22-18/h3-5,10-11,13-14H,6-9,12H2,1-2H3. The van der Waals surface area contributed by atoms with Gasteiger partial charge in [0.25, 0.3) is 5.91 Å². The Hall–Kier alpha value is -2.27. The van der Waals surface area contributed by atoms with Crippen molar-refractivity contribution in [2.75, 3.05) is 26.2 Å². The molecule has 1 saturated heterocycles. The fourth-order valence-electron chi connectivity index (χ4n) is 3.50. The number of nitrogens with zero attached hydrogens (tertiary/aromatic N) is 3. The molecule has 1 aromatic carbocycles. The Morgan fingerprint density at radius 2 is 1.94 bits per heavy atom. The minimum atomic E-state index is -3.54. The molecule has 164 valence electrons. The van der Waals surface area contributed by atoms with Crippen LogP contribution in [0.2, 0.25) is 0 Å². The molecule has 0 bridgehead atoms. The first-order valence-electron chi connectivity index (χ1n) is 9.81. The zero-order valence-electron chi connectivity index (χ0n) is 17.3. The van der Waals surface area contributed by atoms with Crippen LogP contribution in [-0.2, 0) is 16.6 Å². The number of benzene rings is 1. The summed E-state index contributed by atoms with van der Waals surface area (Å²) in [5.74, 6) is 0.474. The zero-order valence-corrected chi connectivity index (χ0v) is 19.7. The Kier molecular flexibility index (Phi) is 6.42. The van der Waals surface area contributed by atoms with Crippen LogP contribution in [0.3, 0.4) is 0 Å². The minimum Gasteiger partial charge on any atom is -0.487 e. The molecule has 3 aromatic rings. The van der Waals surface area contributed by atoms with Gasteiger partial charge >= 0.3 is 0 Å². The van der Waals surface area contributed by atoms with Gasteiger partial charge in [0.15, 0.2) is 0 Å². The van der Waals surface area contributed by atoms with Crippen molar-refractivity contribution in [2.45, 2.75) is 25.3 Å². The Bertz CT molecular complexity index is 1160. The lowest BCUT2D eigenvalue weighted by Crippen LogP contribution is -2.50. The number of aryl methyl sites for hydroxylation is 2. The fraction of sp³-hybridized carbons (Fsp3) is 0.333. The maximum absolute atomic E-state index is 13.0. The van der Waals surface area contributed by atoms with E-state index in [4.69, 9.17) is 4.74 Å². The van der Waals surface area contributed by atoms with Gasteiger partial charge in [-0.15, -0.1) is 22.7 Å². The third-order valence-electron chi connectivity index (χ3n) is 5.09. The Balaban J connectivity index is 1.39. The van der Waals surface area contributed by atoms with Gasteiger partial charge in [-0.05, 0) is 38.1 Å². The van der Waals surface area contributed by atoms with E-state index in [0.29, 0.717) is 35.9 Å². The molecule has 1 aliphatic rings. The minimum absolute atomic E-state index is 0.126. The molecule has 4 rings (SSSR count). The molecule has 2 aromatic heterocycles. The van der Waals surface area contributed by atoms with Crippen LogP contribution in [0.15, 0.2) is 46.1 Å². The third-order valence-corrected chi connectivity index (χ3v) is 8.85. The van der Waals surface area contributed by atoms with Crippen LogP contribution in [0, 0.1) is 13.8 Å². The van der Waals surface area contributed by atoms with Crippen LogP contribution >= 0.6 is 22.7 Å². The number of piperazine rings is 1. The molecule has 1 fully saturated rings. The molecule has 3 heterocycles. The van der Waals surface area contributed by atoms with Gasteiger partial charge in [-0.3, -0.25) is 4.79 Å². The number of thiazole rings is 1. The highest BCUT2D eigenvalue weighted by Gasteiger charge is 2.32. The molecule has 7 nitrogen and oxygen atoms in total. The summed E-state index contributed by atoms with van der Waals surface area (Å²) in [6.45, 7) is 5.34. The van der Waals surface area contributed by atoms with E-state index in [9.17, 15) is 13.2 Å². The molecule has 1 amide bonds. The molecule has 0 unspecified atom stereocenters. The van der Waals surface area contributed by atoms with E-state index in [1.54, 1.807) is 40.7 Å². The topological polar surface area (TPSA) is 79.8 Å². The summed E-state index contributed by atoms with van der Waals surface area (Å²) in [5.41, 5.74) is 3.12. The normalized spacial score (nSPS) is 15.2. The maximum Gasteiger partial charge on any atom is 0.254 e. The fourth-order valence-corrected chi connectivity index (χ4v) is 6.99. The second kappa shape index (κ2) is 9.07. The Morgan fingerprint density at radius 1 is 1.16 bits per heavy atom. The van der Waals surface area contributed by atoms with Gasteiger partial charge in [-0.1, -0.05) is 6.07 Å².